The molecular weight excluding hydrogens is 720 g/mol. The molecule has 0 heterocycles. The number of rotatable bonds is 0. The summed E-state index contributed by atoms with van der Waals surface area (Å²) in [5.74, 6) is 0. The fraction of sp³-hybridized carbons (Fsp3) is 1.00. The maximum atomic E-state index is 8.59. The van der Waals surface area contributed by atoms with Gasteiger partial charge in [0.05, 0.1) is 169 Å². The Labute approximate surface area is 283 Å². The third kappa shape index (κ3) is 11300000. The second-order valence-electron chi connectivity index (χ2n) is 17.3. The first-order valence-electron chi connectivity index (χ1n) is 12.7. The van der Waals surface area contributed by atoms with E-state index in [2.05, 4.69) is 169 Å². The molecule has 0 aromatic heterocycles. The van der Waals surface area contributed by atoms with E-state index in [1.165, 1.54) is 0 Å². The van der Waals surface area contributed by atoms with Gasteiger partial charge in [0, 0.05) is 0 Å². The third-order valence-electron chi connectivity index (χ3n) is 0. The molecule has 288 valence electrons. The minimum absolute atomic E-state index is 1.00. The van der Waals surface area contributed by atoms with E-state index in [9.17, 15) is 0 Å². The average molecular weight is 793 g/mol. The van der Waals surface area contributed by atoms with Crippen molar-refractivity contribution in [2.75, 3.05) is 169 Å². The predicted octanol–water partition coefficient (Wildman–Crippen LogP) is -5.92. The summed E-state index contributed by atoms with van der Waals surface area (Å²) in [4.78, 5) is 0. The second-order valence-corrected chi connectivity index (χ2v) is 21.1. The van der Waals surface area contributed by atoms with E-state index in [4.69, 9.17) is 47.8 Å². The summed E-state index contributed by atoms with van der Waals surface area (Å²) in [6, 6.07) is 0. The predicted molar refractivity (Wildman–Crippen MR) is 148 cm³/mol. The van der Waals surface area contributed by atoms with Crippen molar-refractivity contribution in [1.29, 1.82) is 0 Å². The zero-order valence-electron chi connectivity index (χ0n) is 32.8. The van der Waals surface area contributed by atoms with E-state index < -0.39 is 40.8 Å². The number of nitrogens with zero attached hydrogens (tertiary/aromatic N) is 6. The Hall–Kier alpha value is -0.0826. The normalized spacial score (nSPS) is 11.9. The van der Waals surface area contributed by atoms with Gasteiger partial charge in [-0.05, 0) is 0 Å². The monoisotopic (exact) mass is 792 g/mol. The summed E-state index contributed by atoms with van der Waals surface area (Å²) in [6.07, 6.45) is 0. The van der Waals surface area contributed by atoms with E-state index in [0.29, 0.717) is 0 Å². The molecule has 0 spiro atoms. The molecule has 0 aliphatic rings. The molecule has 0 saturated heterocycles. The van der Waals surface area contributed by atoms with Gasteiger partial charge in [-0.1, -0.05) is 0 Å². The summed E-state index contributed by atoms with van der Waals surface area (Å²) in [6.45, 7) is 0. The zero-order valence-corrected chi connectivity index (χ0v) is 36.6. The molecule has 0 fully saturated rings. The molecule has 0 saturated carbocycles. The summed E-state index contributed by atoms with van der Waals surface area (Å²) < 4.78 is 109. The van der Waals surface area contributed by atoms with Crippen LogP contribution in [0.2, 0.25) is 0 Å². The molecule has 0 N–H and O–H groups in total. The Bertz CT molecular complexity index is 741. The van der Waals surface area contributed by atoms with Crippen LogP contribution in [-0.4, -0.2) is 196 Å². The quantitative estimate of drug-likeness (QED) is 0.209. The first-order valence-corrected chi connectivity index (χ1v) is 19.0. The molecule has 0 aliphatic carbocycles. The minimum atomic E-state index is -5.75. The van der Waals surface area contributed by atoms with Crippen LogP contribution in [-0.2, 0) is 63.7 Å². The molecule has 0 radical (unpaired) electrons. The standard InChI is InChI=1S/6C4H12N.3Cr.12O/c6*1-5(2,3)4;;;;;;;;;;;;;;;/h6*1-4H3;;;;;;;;;;;;;;;/q6*+1;;;;;;;;;;6*-1. The fourth-order valence-electron chi connectivity index (χ4n) is 0. The number of hydrogen-bond donors (Lipinski definition) is 0. The van der Waals surface area contributed by atoms with Crippen molar-refractivity contribution >= 4 is 0 Å². The topological polar surface area (TPSA) is 241 Å². The summed E-state index contributed by atoms with van der Waals surface area (Å²) in [5, 5.41) is 0. The molecule has 0 rings (SSSR count). The fourth-order valence-corrected chi connectivity index (χ4v) is 0. The molecule has 0 aromatic carbocycles. The van der Waals surface area contributed by atoms with Gasteiger partial charge in [-0.2, -0.15) is 0 Å². The van der Waals surface area contributed by atoms with Crippen LogP contribution in [0.15, 0.2) is 0 Å². The molecule has 0 amide bonds. The molecule has 21 heteroatoms. The van der Waals surface area contributed by atoms with Crippen LogP contribution in [0.25, 0.3) is 0 Å². The Balaban J connectivity index is -0.0000000463. The molecule has 0 aliphatic heterocycles. The van der Waals surface area contributed by atoms with Crippen LogP contribution in [0.4, 0.5) is 0 Å². The van der Waals surface area contributed by atoms with Gasteiger partial charge in [0.2, 0.25) is 0 Å². The van der Waals surface area contributed by atoms with E-state index in [-0.39, 0.29) is 0 Å². The molecule has 45 heavy (non-hydrogen) atoms. The van der Waals surface area contributed by atoms with E-state index in [1.54, 1.807) is 0 Å². The summed E-state index contributed by atoms with van der Waals surface area (Å²) in [5.41, 5.74) is 0. The van der Waals surface area contributed by atoms with Crippen LogP contribution in [0.3, 0.4) is 0 Å². The Kier molecular flexibility index (Phi) is 41.5. The van der Waals surface area contributed by atoms with Crippen LogP contribution in [0.5, 0.6) is 0 Å². The van der Waals surface area contributed by atoms with Gasteiger partial charge >= 0.3 is 88.6 Å². The van der Waals surface area contributed by atoms with Crippen molar-refractivity contribution in [1.82, 2.24) is 0 Å². The van der Waals surface area contributed by atoms with Crippen LogP contribution in [0.1, 0.15) is 0 Å². The maximum absolute atomic E-state index is 8.59. The Morgan fingerprint density at radius 2 is 0.222 bits per heavy atom. The van der Waals surface area contributed by atoms with Crippen molar-refractivity contribution in [2.24, 2.45) is 0 Å². The number of quaternary nitrogens is 6. The van der Waals surface area contributed by atoms with Gasteiger partial charge in [-0.15, -0.1) is 0 Å². The van der Waals surface area contributed by atoms with Crippen molar-refractivity contribution in [3.05, 3.63) is 0 Å². The van der Waals surface area contributed by atoms with Gasteiger partial charge in [0.1, 0.15) is 0 Å². The van der Waals surface area contributed by atoms with Gasteiger partial charge in [0.25, 0.3) is 0 Å². The van der Waals surface area contributed by atoms with E-state index in [0.717, 1.165) is 26.9 Å². The summed E-state index contributed by atoms with van der Waals surface area (Å²) >= 11 is -17.2. The van der Waals surface area contributed by atoms with Crippen molar-refractivity contribution < 1.29 is 116 Å². The number of hydrogen-bond acceptors (Lipinski definition) is 12. The van der Waals surface area contributed by atoms with Crippen LogP contribution in [0, 0.1) is 0 Å². The SMILES string of the molecule is C[N+](C)(C)C.C[N+](C)(C)C.C[N+](C)(C)C.C[N+](C)(C)C.C[N+](C)(C)C.C[N+](C)(C)C.[O]=[Cr](=[O])([O-])[O-].[O]=[Cr](=[O])([O-])[O-].[O]=[Cr](=[O])([O-])[O-]. The van der Waals surface area contributed by atoms with Gasteiger partial charge in [-0.25, -0.2) is 0 Å². The van der Waals surface area contributed by atoms with Gasteiger partial charge in [0.15, 0.2) is 0 Å². The Morgan fingerprint density at radius 3 is 0.222 bits per heavy atom. The van der Waals surface area contributed by atoms with E-state index >= 15 is 0 Å². The molecule has 0 atom stereocenters. The molecule has 0 bridgehead atoms. The van der Waals surface area contributed by atoms with Crippen molar-refractivity contribution in [2.45, 2.75) is 0 Å². The van der Waals surface area contributed by atoms with E-state index in [1.807, 2.05) is 0 Å². The first kappa shape index (κ1) is 67.2. The van der Waals surface area contributed by atoms with Crippen molar-refractivity contribution in [3.63, 3.8) is 0 Å². The third-order valence-corrected chi connectivity index (χ3v) is 0. The van der Waals surface area contributed by atoms with Crippen LogP contribution < -0.4 is 24.9 Å². The zero-order chi connectivity index (χ0) is 40.5. The van der Waals surface area contributed by atoms with Crippen LogP contribution >= 0.6 is 0 Å². The second kappa shape index (κ2) is 27.8. The van der Waals surface area contributed by atoms with Crippen molar-refractivity contribution in [3.8, 4) is 0 Å². The first-order chi connectivity index (χ1) is 18.0. The molecular formula is C24H72Cr3N6O12. The molecule has 0 aromatic rings. The Morgan fingerprint density at radius 1 is 0.222 bits per heavy atom. The van der Waals surface area contributed by atoms with Gasteiger partial charge < -0.3 is 26.9 Å². The summed E-state index contributed by atoms with van der Waals surface area (Å²) in [7, 11) is 51.0. The average Bonchev–Trinajstić information content (AvgIpc) is 2.26. The van der Waals surface area contributed by atoms with Gasteiger partial charge in [-0.3, -0.25) is 0 Å². The molecule has 0 unspecified atom stereocenters. The molecule has 18 nitrogen and oxygen atoms in total.